The van der Waals surface area contributed by atoms with E-state index in [-0.39, 0.29) is 10.8 Å². The number of anilines is 1. The lowest BCUT2D eigenvalue weighted by Crippen LogP contribution is -2.36. The van der Waals surface area contributed by atoms with Crippen LogP contribution in [-0.2, 0) is 10.8 Å². The van der Waals surface area contributed by atoms with Gasteiger partial charge in [-0.2, -0.15) is 4.58 Å². The molecule has 6 rings (SSSR count). The summed E-state index contributed by atoms with van der Waals surface area (Å²) in [5.74, 6) is 0. The molecule has 0 radical (unpaired) electrons. The molecule has 182 valence electrons. The van der Waals surface area contributed by atoms with Gasteiger partial charge in [-0.3, -0.25) is 0 Å². The second-order valence-corrected chi connectivity index (χ2v) is 11.1. The maximum atomic E-state index is 2.60. The quantitative estimate of drug-likeness (QED) is 0.413. The van der Waals surface area contributed by atoms with Crippen molar-refractivity contribution >= 4 is 17.1 Å². The molecular weight excluding hydrogens is 424 g/mol. The third-order valence-corrected chi connectivity index (χ3v) is 9.54. The van der Waals surface area contributed by atoms with Crippen LogP contribution >= 0.6 is 0 Å². The number of allylic oxidation sites excluding steroid dienone is 4. The van der Waals surface area contributed by atoms with Gasteiger partial charge in [0.25, 0.3) is 0 Å². The van der Waals surface area contributed by atoms with Gasteiger partial charge in [-0.1, -0.05) is 81.0 Å². The fourth-order valence-corrected chi connectivity index (χ4v) is 8.05. The largest absolute Gasteiger partial charge is 0.344 e. The zero-order chi connectivity index (χ0) is 23.9. The highest BCUT2D eigenvalue weighted by Gasteiger charge is 2.51. The third kappa shape index (κ3) is 3.39. The Morgan fingerprint density at radius 1 is 0.771 bits per heavy atom. The number of para-hydroxylation sites is 2. The lowest BCUT2D eigenvalue weighted by atomic mass is 9.67. The van der Waals surface area contributed by atoms with Crippen LogP contribution < -0.4 is 4.90 Å². The molecule has 2 aliphatic carbocycles. The summed E-state index contributed by atoms with van der Waals surface area (Å²) in [5.41, 5.74) is 9.50. The number of fused-ring (bicyclic) bond motifs is 4. The first-order chi connectivity index (χ1) is 17.2. The molecule has 0 aromatic heterocycles. The van der Waals surface area contributed by atoms with Crippen molar-refractivity contribution in [2.24, 2.45) is 0 Å². The monoisotopic (exact) mass is 465 g/mol. The third-order valence-electron chi connectivity index (χ3n) is 9.54. The Labute approximate surface area is 212 Å². The summed E-state index contributed by atoms with van der Waals surface area (Å²) >= 11 is 0. The lowest BCUT2D eigenvalue weighted by Gasteiger charge is -2.37. The number of rotatable bonds is 4. The molecule has 2 heteroatoms. The Morgan fingerprint density at radius 3 is 2.09 bits per heavy atom. The van der Waals surface area contributed by atoms with Gasteiger partial charge in [0.1, 0.15) is 6.54 Å². The summed E-state index contributed by atoms with van der Waals surface area (Å²) in [6.45, 7) is 6.69. The van der Waals surface area contributed by atoms with E-state index in [1.165, 1.54) is 87.0 Å². The number of likely N-dealkylation sites (N-methyl/N-ethyl adjacent to an activating group) is 1. The van der Waals surface area contributed by atoms with E-state index < -0.39 is 0 Å². The Hall–Kier alpha value is -2.61. The van der Waals surface area contributed by atoms with Gasteiger partial charge in [0.05, 0.1) is 5.41 Å². The molecule has 2 aromatic rings. The van der Waals surface area contributed by atoms with Crippen LogP contribution in [0.1, 0.15) is 89.2 Å². The molecule has 4 aliphatic rings. The molecule has 2 nitrogen and oxygen atoms in total. The summed E-state index contributed by atoms with van der Waals surface area (Å²) < 4.78 is 2.60. The SMILES string of the molecule is CCN1/C(=C\C=C\C2=[N+](CC)c3ccccc3C23CCCCC3)C2(CCCCC2)c2ccccc21. The van der Waals surface area contributed by atoms with Crippen LogP contribution in [0.5, 0.6) is 0 Å². The molecule has 0 saturated heterocycles. The van der Waals surface area contributed by atoms with Gasteiger partial charge >= 0.3 is 0 Å². The highest BCUT2D eigenvalue weighted by molar-refractivity contribution is 6.04. The van der Waals surface area contributed by atoms with Crippen molar-refractivity contribution < 1.29 is 4.58 Å². The Bertz CT molecular complexity index is 1190. The standard InChI is InChI=1S/C33H41N2/c1-3-34-28-18-9-7-16-26(28)32(22-11-5-12-23-32)30(34)20-15-21-31-33(24-13-6-14-25-33)27-17-8-10-19-29(27)35(31)4-2/h7-10,15-21H,3-6,11-14,22-25H2,1-2H3/q+1. The fraction of sp³-hybridized carbons (Fsp3) is 0.485. The molecular formula is C33H41N2+. The zero-order valence-corrected chi connectivity index (χ0v) is 21.7. The fourth-order valence-electron chi connectivity index (χ4n) is 8.05. The maximum absolute atomic E-state index is 2.60. The van der Waals surface area contributed by atoms with Crippen molar-refractivity contribution in [3.8, 4) is 0 Å². The molecule has 2 fully saturated rings. The molecule has 35 heavy (non-hydrogen) atoms. The summed E-state index contributed by atoms with van der Waals surface area (Å²) in [4.78, 5) is 2.60. The molecule has 0 unspecified atom stereocenters. The van der Waals surface area contributed by atoms with E-state index in [0.29, 0.717) is 0 Å². The summed E-state index contributed by atoms with van der Waals surface area (Å²) in [7, 11) is 0. The van der Waals surface area contributed by atoms with Crippen molar-refractivity contribution in [1.82, 2.24) is 0 Å². The Balaban J connectivity index is 1.44. The summed E-state index contributed by atoms with van der Waals surface area (Å²) in [6.07, 6.45) is 20.7. The lowest BCUT2D eigenvalue weighted by molar-refractivity contribution is -0.433. The van der Waals surface area contributed by atoms with E-state index in [9.17, 15) is 0 Å². The molecule has 0 atom stereocenters. The predicted molar refractivity (Wildman–Crippen MR) is 148 cm³/mol. The predicted octanol–water partition coefficient (Wildman–Crippen LogP) is 8.19. The van der Waals surface area contributed by atoms with Gasteiger partial charge < -0.3 is 4.90 Å². The van der Waals surface area contributed by atoms with Gasteiger partial charge in [0.2, 0.25) is 5.69 Å². The van der Waals surface area contributed by atoms with Gasteiger partial charge in [-0.05, 0) is 57.2 Å². The maximum Gasteiger partial charge on any atom is 0.209 e. The van der Waals surface area contributed by atoms with Crippen LogP contribution in [0.15, 0.2) is 72.5 Å². The van der Waals surface area contributed by atoms with Crippen LogP contribution in [0.25, 0.3) is 0 Å². The average Bonchev–Trinajstić information content (AvgIpc) is 3.31. The summed E-state index contributed by atoms with van der Waals surface area (Å²) in [6, 6.07) is 18.4. The van der Waals surface area contributed by atoms with Crippen LogP contribution in [0.2, 0.25) is 0 Å². The molecule has 2 spiro atoms. The number of hydrogen-bond donors (Lipinski definition) is 0. The first kappa shape index (κ1) is 22.8. The van der Waals surface area contributed by atoms with E-state index in [2.05, 4.69) is 90.1 Å². The van der Waals surface area contributed by atoms with Gasteiger partial charge in [0.15, 0.2) is 5.71 Å². The second kappa shape index (κ2) is 9.12. The van der Waals surface area contributed by atoms with Crippen molar-refractivity contribution in [1.29, 1.82) is 0 Å². The highest BCUT2D eigenvalue weighted by Crippen LogP contribution is 2.55. The molecule has 0 bridgehead atoms. The van der Waals surface area contributed by atoms with Crippen LogP contribution in [0.4, 0.5) is 11.4 Å². The van der Waals surface area contributed by atoms with E-state index in [4.69, 9.17) is 0 Å². The highest BCUT2D eigenvalue weighted by atomic mass is 15.2. The second-order valence-electron chi connectivity index (χ2n) is 11.1. The average molecular weight is 466 g/mol. The molecule has 2 aliphatic heterocycles. The minimum Gasteiger partial charge on any atom is -0.344 e. The zero-order valence-electron chi connectivity index (χ0n) is 21.7. The van der Waals surface area contributed by atoms with E-state index >= 15 is 0 Å². The van der Waals surface area contributed by atoms with Crippen LogP contribution in [0.3, 0.4) is 0 Å². The number of hydrogen-bond acceptors (Lipinski definition) is 1. The molecule has 2 heterocycles. The smallest absolute Gasteiger partial charge is 0.209 e. The number of benzene rings is 2. The van der Waals surface area contributed by atoms with Gasteiger partial charge in [-0.15, -0.1) is 0 Å². The van der Waals surface area contributed by atoms with E-state index in [1.807, 2.05) is 0 Å². The molecule has 2 aromatic carbocycles. The van der Waals surface area contributed by atoms with Crippen molar-refractivity contribution in [2.45, 2.75) is 88.9 Å². The topological polar surface area (TPSA) is 6.25 Å². The van der Waals surface area contributed by atoms with Crippen LogP contribution in [-0.4, -0.2) is 23.4 Å². The first-order valence-corrected chi connectivity index (χ1v) is 14.3. The van der Waals surface area contributed by atoms with Crippen LogP contribution in [0, 0.1) is 0 Å². The molecule has 0 N–H and O–H groups in total. The molecule has 0 amide bonds. The Morgan fingerprint density at radius 2 is 1.40 bits per heavy atom. The summed E-state index contributed by atoms with van der Waals surface area (Å²) in [5, 5.41) is 0. The Kier molecular flexibility index (Phi) is 5.95. The van der Waals surface area contributed by atoms with Gasteiger partial charge in [-0.25, -0.2) is 0 Å². The minimum atomic E-state index is 0.200. The first-order valence-electron chi connectivity index (χ1n) is 14.3. The van der Waals surface area contributed by atoms with Gasteiger partial charge in [0, 0.05) is 41.1 Å². The van der Waals surface area contributed by atoms with Crippen molar-refractivity contribution in [3.05, 3.63) is 83.6 Å². The molecule has 2 saturated carbocycles. The number of nitrogens with zero attached hydrogens (tertiary/aromatic N) is 2. The minimum absolute atomic E-state index is 0.200. The van der Waals surface area contributed by atoms with E-state index in [0.717, 1.165) is 13.1 Å². The van der Waals surface area contributed by atoms with E-state index in [1.54, 1.807) is 11.1 Å². The van der Waals surface area contributed by atoms with Crippen molar-refractivity contribution in [3.63, 3.8) is 0 Å². The normalized spacial score (nSPS) is 23.6. The van der Waals surface area contributed by atoms with Crippen molar-refractivity contribution in [2.75, 3.05) is 18.0 Å².